The molecule has 1 fully saturated rings. The number of hydrogen-bond acceptors (Lipinski definition) is 1. The predicted molar refractivity (Wildman–Crippen MR) is 49.9 cm³/mol. The van der Waals surface area contributed by atoms with E-state index >= 15 is 0 Å². The van der Waals surface area contributed by atoms with Gasteiger partial charge in [0.2, 0.25) is 5.91 Å². The summed E-state index contributed by atoms with van der Waals surface area (Å²) < 4.78 is 0. The number of carbonyl (C=O) groups is 1. The normalized spacial score (nSPS) is 24.7. The molecule has 2 heteroatoms. The molecule has 1 aliphatic heterocycles. The van der Waals surface area contributed by atoms with Gasteiger partial charge in [0.05, 0.1) is 0 Å². The molecule has 0 radical (unpaired) electrons. The number of likely N-dealkylation sites (tertiary alicyclic amines) is 1. The van der Waals surface area contributed by atoms with Gasteiger partial charge in [-0.2, -0.15) is 0 Å². The van der Waals surface area contributed by atoms with Gasteiger partial charge in [0.1, 0.15) is 0 Å². The van der Waals surface area contributed by atoms with E-state index in [0.29, 0.717) is 11.9 Å². The summed E-state index contributed by atoms with van der Waals surface area (Å²) in [6.45, 7) is 2.20. The fourth-order valence-corrected chi connectivity index (χ4v) is 1.84. The van der Waals surface area contributed by atoms with Crippen LogP contribution in [0.5, 0.6) is 0 Å². The molecule has 0 saturated carbocycles. The molecule has 1 unspecified atom stereocenters. The monoisotopic (exact) mass is 169 g/mol. The van der Waals surface area contributed by atoms with Crippen LogP contribution < -0.4 is 0 Å². The van der Waals surface area contributed by atoms with Crippen molar-refractivity contribution in [3.8, 4) is 0 Å². The highest BCUT2D eigenvalue weighted by molar-refractivity contribution is 5.76. The maximum atomic E-state index is 11.3. The predicted octanol–water partition coefficient (Wildman–Crippen LogP) is 2.19. The Hall–Kier alpha value is -0.530. The van der Waals surface area contributed by atoms with Crippen molar-refractivity contribution in [2.75, 3.05) is 7.05 Å². The second-order valence-corrected chi connectivity index (χ2v) is 3.69. The number of piperidine rings is 1. The summed E-state index contributed by atoms with van der Waals surface area (Å²) in [4.78, 5) is 13.2. The van der Waals surface area contributed by atoms with Crippen molar-refractivity contribution < 1.29 is 4.79 Å². The van der Waals surface area contributed by atoms with Crippen molar-refractivity contribution in [1.29, 1.82) is 0 Å². The number of unbranched alkanes of at least 4 members (excludes halogenated alkanes) is 1. The molecule has 1 rings (SSSR count). The quantitative estimate of drug-likeness (QED) is 0.634. The van der Waals surface area contributed by atoms with Gasteiger partial charge < -0.3 is 4.90 Å². The lowest BCUT2D eigenvalue weighted by molar-refractivity contribution is -0.134. The molecule has 0 N–H and O–H groups in total. The molecule has 0 spiro atoms. The molecule has 1 saturated heterocycles. The minimum atomic E-state index is 0.336. The number of carbonyl (C=O) groups excluding carboxylic acids is 1. The van der Waals surface area contributed by atoms with Crippen LogP contribution in [0.15, 0.2) is 0 Å². The van der Waals surface area contributed by atoms with E-state index in [-0.39, 0.29) is 0 Å². The Morgan fingerprint density at radius 2 is 2.33 bits per heavy atom. The summed E-state index contributed by atoms with van der Waals surface area (Å²) in [5, 5.41) is 0. The molecule has 1 heterocycles. The van der Waals surface area contributed by atoms with Gasteiger partial charge in [-0.3, -0.25) is 4.79 Å². The van der Waals surface area contributed by atoms with E-state index in [4.69, 9.17) is 0 Å². The fourth-order valence-electron chi connectivity index (χ4n) is 1.84. The van der Waals surface area contributed by atoms with E-state index in [1.165, 1.54) is 25.7 Å². The molecule has 0 aliphatic carbocycles. The first-order valence-electron chi connectivity index (χ1n) is 5.01. The van der Waals surface area contributed by atoms with Crippen LogP contribution in [-0.4, -0.2) is 23.9 Å². The molecule has 0 aromatic heterocycles. The van der Waals surface area contributed by atoms with Crippen molar-refractivity contribution in [1.82, 2.24) is 4.90 Å². The Morgan fingerprint density at radius 3 is 3.00 bits per heavy atom. The first-order chi connectivity index (χ1) is 5.75. The molecule has 0 aromatic carbocycles. The zero-order valence-electron chi connectivity index (χ0n) is 8.18. The van der Waals surface area contributed by atoms with Crippen molar-refractivity contribution >= 4 is 5.91 Å². The van der Waals surface area contributed by atoms with Gasteiger partial charge in [-0.15, -0.1) is 0 Å². The number of rotatable bonds is 3. The van der Waals surface area contributed by atoms with Crippen LogP contribution in [0.4, 0.5) is 0 Å². The fraction of sp³-hybridized carbons (Fsp3) is 0.900. The van der Waals surface area contributed by atoms with Crippen LogP contribution in [0, 0.1) is 0 Å². The van der Waals surface area contributed by atoms with E-state index in [1.807, 2.05) is 11.9 Å². The zero-order chi connectivity index (χ0) is 8.97. The lowest BCUT2D eigenvalue weighted by Gasteiger charge is -2.32. The lowest BCUT2D eigenvalue weighted by Crippen LogP contribution is -2.40. The Balaban J connectivity index is 2.35. The Labute approximate surface area is 74.9 Å². The van der Waals surface area contributed by atoms with E-state index in [1.54, 1.807) is 0 Å². The van der Waals surface area contributed by atoms with Crippen LogP contribution in [0.25, 0.3) is 0 Å². The highest BCUT2D eigenvalue weighted by Crippen LogP contribution is 2.20. The molecule has 1 amide bonds. The second kappa shape index (κ2) is 4.48. The molecule has 70 valence electrons. The van der Waals surface area contributed by atoms with Crippen molar-refractivity contribution in [2.45, 2.75) is 51.5 Å². The first kappa shape index (κ1) is 9.56. The molecule has 1 aliphatic rings. The third kappa shape index (κ3) is 2.23. The molecule has 12 heavy (non-hydrogen) atoms. The Morgan fingerprint density at radius 1 is 1.58 bits per heavy atom. The van der Waals surface area contributed by atoms with Gasteiger partial charge in [0.15, 0.2) is 0 Å². The van der Waals surface area contributed by atoms with Gasteiger partial charge in [-0.1, -0.05) is 19.8 Å². The van der Waals surface area contributed by atoms with Crippen LogP contribution >= 0.6 is 0 Å². The minimum Gasteiger partial charge on any atom is -0.343 e. The SMILES string of the molecule is CCCCC1CCCC(=O)N1C. The first-order valence-corrected chi connectivity index (χ1v) is 5.01. The van der Waals surface area contributed by atoms with Crippen LogP contribution in [-0.2, 0) is 4.79 Å². The maximum absolute atomic E-state index is 11.3. The number of hydrogen-bond donors (Lipinski definition) is 0. The molecule has 0 aromatic rings. The van der Waals surface area contributed by atoms with Crippen LogP contribution in [0.1, 0.15) is 45.4 Å². The summed E-state index contributed by atoms with van der Waals surface area (Å²) >= 11 is 0. The third-order valence-corrected chi connectivity index (χ3v) is 2.76. The van der Waals surface area contributed by atoms with Crippen LogP contribution in [0.3, 0.4) is 0 Å². The molecular formula is C10H19NO. The average Bonchev–Trinajstić information content (AvgIpc) is 2.08. The van der Waals surface area contributed by atoms with Gasteiger partial charge >= 0.3 is 0 Å². The molecule has 2 nitrogen and oxygen atoms in total. The van der Waals surface area contributed by atoms with Crippen LogP contribution in [0.2, 0.25) is 0 Å². The highest BCUT2D eigenvalue weighted by Gasteiger charge is 2.23. The Bertz CT molecular complexity index is 156. The molecular weight excluding hydrogens is 150 g/mol. The van der Waals surface area contributed by atoms with Crippen molar-refractivity contribution in [2.24, 2.45) is 0 Å². The third-order valence-electron chi connectivity index (χ3n) is 2.76. The topological polar surface area (TPSA) is 20.3 Å². The summed E-state index contributed by atoms with van der Waals surface area (Å²) in [5.41, 5.74) is 0. The van der Waals surface area contributed by atoms with Gasteiger partial charge in [0.25, 0.3) is 0 Å². The summed E-state index contributed by atoms with van der Waals surface area (Å²) in [6, 6.07) is 0.534. The standard InChI is InChI=1S/C10H19NO/c1-3-4-6-9-7-5-8-10(12)11(9)2/h9H,3-8H2,1-2H3. The second-order valence-electron chi connectivity index (χ2n) is 3.69. The van der Waals surface area contributed by atoms with E-state index in [0.717, 1.165) is 12.8 Å². The smallest absolute Gasteiger partial charge is 0.222 e. The zero-order valence-corrected chi connectivity index (χ0v) is 8.18. The van der Waals surface area contributed by atoms with E-state index in [2.05, 4.69) is 6.92 Å². The lowest BCUT2D eigenvalue weighted by atomic mass is 9.98. The number of nitrogens with zero attached hydrogens (tertiary/aromatic N) is 1. The number of amides is 1. The van der Waals surface area contributed by atoms with E-state index in [9.17, 15) is 4.79 Å². The average molecular weight is 169 g/mol. The highest BCUT2D eigenvalue weighted by atomic mass is 16.2. The molecule has 0 bridgehead atoms. The summed E-state index contributed by atoms with van der Waals surface area (Å²) in [7, 11) is 1.95. The van der Waals surface area contributed by atoms with E-state index < -0.39 is 0 Å². The Kier molecular flexibility index (Phi) is 3.57. The van der Waals surface area contributed by atoms with Crippen molar-refractivity contribution in [3.63, 3.8) is 0 Å². The summed E-state index contributed by atoms with van der Waals surface area (Å²) in [6.07, 6.45) is 6.75. The van der Waals surface area contributed by atoms with Gasteiger partial charge in [0, 0.05) is 19.5 Å². The molecule has 1 atom stereocenters. The van der Waals surface area contributed by atoms with Crippen molar-refractivity contribution in [3.05, 3.63) is 0 Å². The summed E-state index contributed by atoms with van der Waals surface area (Å²) in [5.74, 6) is 0.336. The van der Waals surface area contributed by atoms with Gasteiger partial charge in [-0.05, 0) is 19.3 Å². The maximum Gasteiger partial charge on any atom is 0.222 e. The largest absolute Gasteiger partial charge is 0.343 e. The van der Waals surface area contributed by atoms with Gasteiger partial charge in [-0.25, -0.2) is 0 Å². The minimum absolute atomic E-state index is 0.336.